The van der Waals surface area contributed by atoms with Gasteiger partial charge in [-0.1, -0.05) is 43.5 Å². The molecule has 1 aliphatic heterocycles. The van der Waals surface area contributed by atoms with Crippen LogP contribution in [0, 0.1) is 18.3 Å². The number of benzene rings is 1. The predicted molar refractivity (Wildman–Crippen MR) is 109 cm³/mol. The number of anilines is 1. The molecule has 3 aromatic rings. The largest absolute Gasteiger partial charge is 0.355 e. The van der Waals surface area contributed by atoms with E-state index in [0.29, 0.717) is 11.1 Å². The zero-order valence-electron chi connectivity index (χ0n) is 16.2. The maximum Gasteiger partial charge on any atom is 0.202 e. The Kier molecular flexibility index (Phi) is 3.92. The number of aromatic nitrogens is 4. The second-order valence-corrected chi connectivity index (χ2v) is 8.51. The molecule has 5 heteroatoms. The molecule has 1 saturated carbocycles. The molecule has 27 heavy (non-hydrogen) atoms. The second kappa shape index (κ2) is 6.32. The third kappa shape index (κ3) is 2.80. The smallest absolute Gasteiger partial charge is 0.202 e. The van der Waals surface area contributed by atoms with E-state index < -0.39 is 0 Å². The van der Waals surface area contributed by atoms with Crippen LogP contribution in [0.2, 0.25) is 0 Å². The summed E-state index contributed by atoms with van der Waals surface area (Å²) in [5.74, 6) is 1.83. The number of nitrogens with one attached hydrogen (secondary N) is 1. The highest BCUT2D eigenvalue weighted by atomic mass is 15.2. The van der Waals surface area contributed by atoms with E-state index >= 15 is 0 Å². The van der Waals surface area contributed by atoms with Crippen molar-refractivity contribution in [3.05, 3.63) is 36.0 Å². The summed E-state index contributed by atoms with van der Waals surface area (Å²) in [4.78, 5) is 11.9. The number of nitrogens with zero attached hydrogens (tertiary/aromatic N) is 4. The molecular weight excluding hydrogens is 334 g/mol. The van der Waals surface area contributed by atoms with E-state index in [1.165, 1.54) is 37.7 Å². The minimum Gasteiger partial charge on any atom is -0.355 e. The SMILES string of the molecule is Cc1cccc(-c2[nH]nc3nc(N4CCC5(CCC[C@H]5C)CC4)cnc23)c1. The first-order chi connectivity index (χ1) is 13.1. The normalized spacial score (nSPS) is 22.0. The Morgan fingerprint density at radius 2 is 2.04 bits per heavy atom. The average Bonchev–Trinajstić information content (AvgIpc) is 3.26. The third-order valence-electron chi connectivity index (χ3n) is 7.00. The first-order valence-corrected chi connectivity index (χ1v) is 10.2. The van der Waals surface area contributed by atoms with Crippen molar-refractivity contribution in [2.75, 3.05) is 18.0 Å². The van der Waals surface area contributed by atoms with Gasteiger partial charge in [-0.05, 0) is 43.6 Å². The van der Waals surface area contributed by atoms with Crippen molar-refractivity contribution >= 4 is 17.0 Å². The Labute approximate surface area is 160 Å². The summed E-state index contributed by atoms with van der Waals surface area (Å²) in [7, 11) is 0. The number of hydrogen-bond acceptors (Lipinski definition) is 4. The van der Waals surface area contributed by atoms with Crippen molar-refractivity contribution in [1.82, 2.24) is 20.2 Å². The van der Waals surface area contributed by atoms with Crippen LogP contribution in [0.1, 0.15) is 44.6 Å². The molecule has 1 saturated heterocycles. The Morgan fingerprint density at radius 3 is 2.78 bits per heavy atom. The van der Waals surface area contributed by atoms with Crippen LogP contribution >= 0.6 is 0 Å². The van der Waals surface area contributed by atoms with Crippen LogP contribution in [0.3, 0.4) is 0 Å². The van der Waals surface area contributed by atoms with Crippen molar-refractivity contribution in [2.45, 2.75) is 46.0 Å². The fourth-order valence-corrected chi connectivity index (χ4v) is 5.18. The van der Waals surface area contributed by atoms with E-state index in [4.69, 9.17) is 9.97 Å². The van der Waals surface area contributed by atoms with Crippen molar-refractivity contribution in [3.8, 4) is 11.3 Å². The van der Waals surface area contributed by atoms with Gasteiger partial charge in [0.15, 0.2) is 0 Å². The molecule has 1 atom stereocenters. The van der Waals surface area contributed by atoms with Gasteiger partial charge in [-0.3, -0.25) is 5.10 Å². The molecule has 0 bridgehead atoms. The highest BCUT2D eigenvalue weighted by Gasteiger charge is 2.42. The molecule has 140 valence electrons. The van der Waals surface area contributed by atoms with E-state index in [9.17, 15) is 0 Å². The van der Waals surface area contributed by atoms with Crippen LogP contribution in [0.4, 0.5) is 5.82 Å². The molecule has 5 rings (SSSR count). The van der Waals surface area contributed by atoms with Crippen LogP contribution in [-0.2, 0) is 0 Å². The first kappa shape index (κ1) is 16.7. The standard InChI is InChI=1S/C22H27N5/c1-15-5-3-7-17(13-15)19-20-21(26-25-19)24-18(14-23-20)27-11-9-22(10-12-27)8-4-6-16(22)2/h3,5,7,13-14,16H,4,6,8-12H2,1-2H3,(H,24,25,26)/t16-/m1/s1. The summed E-state index contributed by atoms with van der Waals surface area (Å²) in [5.41, 5.74) is 5.42. The lowest BCUT2D eigenvalue weighted by atomic mass is 9.71. The number of aromatic amines is 1. The summed E-state index contributed by atoms with van der Waals surface area (Å²) in [6.45, 7) is 6.71. The van der Waals surface area contributed by atoms with Crippen LogP contribution in [0.5, 0.6) is 0 Å². The fraction of sp³-hybridized carbons (Fsp3) is 0.500. The number of aryl methyl sites for hydroxylation is 1. The zero-order chi connectivity index (χ0) is 18.4. The maximum atomic E-state index is 4.82. The summed E-state index contributed by atoms with van der Waals surface area (Å²) in [6.07, 6.45) is 8.70. The molecule has 5 nitrogen and oxygen atoms in total. The Balaban J connectivity index is 1.40. The van der Waals surface area contributed by atoms with E-state index in [1.54, 1.807) is 0 Å². The summed E-state index contributed by atoms with van der Waals surface area (Å²) < 4.78 is 0. The average molecular weight is 361 g/mol. The lowest BCUT2D eigenvalue weighted by Crippen LogP contribution is -2.41. The Bertz CT molecular complexity index is 968. The van der Waals surface area contributed by atoms with Gasteiger partial charge in [0, 0.05) is 18.7 Å². The van der Waals surface area contributed by atoms with Crippen molar-refractivity contribution in [2.24, 2.45) is 11.3 Å². The van der Waals surface area contributed by atoms with Gasteiger partial charge in [-0.2, -0.15) is 5.10 Å². The van der Waals surface area contributed by atoms with Gasteiger partial charge in [0.05, 0.1) is 11.9 Å². The molecule has 1 N–H and O–H groups in total. The van der Waals surface area contributed by atoms with E-state index in [1.807, 2.05) is 6.20 Å². The van der Waals surface area contributed by atoms with Crippen LogP contribution in [0.25, 0.3) is 22.4 Å². The lowest BCUT2D eigenvalue weighted by molar-refractivity contribution is 0.161. The highest BCUT2D eigenvalue weighted by molar-refractivity contribution is 5.87. The van der Waals surface area contributed by atoms with Gasteiger partial charge < -0.3 is 4.90 Å². The molecule has 2 aliphatic rings. The minimum atomic E-state index is 0.582. The van der Waals surface area contributed by atoms with E-state index in [-0.39, 0.29) is 0 Å². The molecule has 3 heterocycles. The van der Waals surface area contributed by atoms with Crippen LogP contribution in [0.15, 0.2) is 30.5 Å². The number of fused-ring (bicyclic) bond motifs is 1. The van der Waals surface area contributed by atoms with Crippen LogP contribution in [-0.4, -0.2) is 33.3 Å². The van der Waals surface area contributed by atoms with Gasteiger partial charge in [0.25, 0.3) is 0 Å². The molecule has 2 fully saturated rings. The van der Waals surface area contributed by atoms with Gasteiger partial charge >= 0.3 is 0 Å². The lowest BCUT2D eigenvalue weighted by Gasteiger charge is -2.42. The maximum absolute atomic E-state index is 4.82. The van der Waals surface area contributed by atoms with Gasteiger partial charge in [0.2, 0.25) is 5.65 Å². The van der Waals surface area contributed by atoms with Crippen molar-refractivity contribution in [3.63, 3.8) is 0 Å². The number of piperidine rings is 1. The molecule has 1 spiro atoms. The van der Waals surface area contributed by atoms with Gasteiger partial charge in [-0.25, -0.2) is 9.97 Å². The predicted octanol–water partition coefficient (Wildman–Crippen LogP) is 4.73. The third-order valence-corrected chi connectivity index (χ3v) is 7.00. The van der Waals surface area contributed by atoms with Gasteiger partial charge in [-0.15, -0.1) is 0 Å². The monoisotopic (exact) mass is 361 g/mol. The van der Waals surface area contributed by atoms with Crippen molar-refractivity contribution < 1.29 is 0 Å². The molecule has 1 aliphatic carbocycles. The summed E-state index contributed by atoms with van der Waals surface area (Å²) in [6, 6.07) is 8.39. The molecule has 0 amide bonds. The molecule has 1 aromatic carbocycles. The minimum absolute atomic E-state index is 0.582. The zero-order valence-corrected chi connectivity index (χ0v) is 16.2. The summed E-state index contributed by atoms with van der Waals surface area (Å²) >= 11 is 0. The molecule has 2 aromatic heterocycles. The second-order valence-electron chi connectivity index (χ2n) is 8.51. The highest BCUT2D eigenvalue weighted by Crippen LogP contribution is 2.50. The van der Waals surface area contributed by atoms with E-state index in [2.05, 4.69) is 53.2 Å². The van der Waals surface area contributed by atoms with E-state index in [0.717, 1.165) is 41.6 Å². The molecule has 0 unspecified atom stereocenters. The summed E-state index contributed by atoms with van der Waals surface area (Å²) in [5, 5.41) is 7.58. The molecular formula is C22H27N5. The molecule has 0 radical (unpaired) electrons. The Morgan fingerprint density at radius 1 is 1.19 bits per heavy atom. The fourth-order valence-electron chi connectivity index (χ4n) is 5.18. The first-order valence-electron chi connectivity index (χ1n) is 10.2. The topological polar surface area (TPSA) is 57.7 Å². The Hall–Kier alpha value is -2.43. The number of hydrogen-bond donors (Lipinski definition) is 1. The van der Waals surface area contributed by atoms with Crippen LogP contribution < -0.4 is 4.90 Å². The van der Waals surface area contributed by atoms with Gasteiger partial charge in [0.1, 0.15) is 11.3 Å². The number of H-pyrrole nitrogens is 1. The van der Waals surface area contributed by atoms with Crippen molar-refractivity contribution in [1.29, 1.82) is 0 Å². The quantitative estimate of drug-likeness (QED) is 0.716. The number of rotatable bonds is 2.